The Morgan fingerprint density at radius 1 is 1.02 bits per heavy atom. The van der Waals surface area contributed by atoms with Gasteiger partial charge in [0.05, 0.1) is 12.6 Å². The molecule has 1 aliphatic heterocycles. The number of Topliss-reactive ketones (excluding diaryl/α,β-unsaturated/α-hetero) is 1. The summed E-state index contributed by atoms with van der Waals surface area (Å²) in [7, 11) is 3.12. The van der Waals surface area contributed by atoms with E-state index < -0.39 is 77.2 Å². The zero-order chi connectivity index (χ0) is 37.9. The van der Waals surface area contributed by atoms with Gasteiger partial charge in [0.1, 0.15) is 23.7 Å². The molecule has 1 saturated carbocycles. The Kier molecular flexibility index (Phi) is 12.5. The molecule has 3 rings (SSSR count). The lowest BCUT2D eigenvalue weighted by molar-refractivity contribution is -0.145. The number of hydrogen-bond donors (Lipinski definition) is 4. The summed E-state index contributed by atoms with van der Waals surface area (Å²) < 4.78 is 5.41. The minimum atomic E-state index is -1.21. The molecule has 0 spiro atoms. The van der Waals surface area contributed by atoms with Gasteiger partial charge in [-0.25, -0.2) is 4.79 Å². The third-order valence-corrected chi connectivity index (χ3v) is 10.1. The third-order valence-electron chi connectivity index (χ3n) is 9.20. The maximum absolute atomic E-state index is 14.1. The number of nitrogens with one attached hydrogen (secondary N) is 4. The quantitative estimate of drug-likeness (QED) is 0.224. The number of carbonyl (C=O) groups excluding carboxylic acids is 7. The van der Waals surface area contributed by atoms with Gasteiger partial charge in [-0.05, 0) is 61.3 Å². The first-order valence-corrected chi connectivity index (χ1v) is 17.9. The number of ether oxygens (including phenoxy) is 1. The Morgan fingerprint density at radius 3 is 2.18 bits per heavy atom. The normalized spacial score (nSPS) is 21.1. The zero-order valence-electron chi connectivity index (χ0n) is 31.1. The first-order chi connectivity index (χ1) is 23.0. The largest absolute Gasteiger partial charge is 0.444 e. The van der Waals surface area contributed by atoms with Crippen LogP contribution in [-0.2, 0) is 33.5 Å². The number of fused-ring (bicyclic) bond motifs is 1. The second kappa shape index (κ2) is 15.5. The van der Waals surface area contributed by atoms with Gasteiger partial charge < -0.3 is 35.8 Å². The number of piperidine rings is 1. The zero-order valence-corrected chi connectivity index (χ0v) is 31.9. The molecular weight excluding hydrogens is 664 g/mol. The number of rotatable bonds is 13. The molecule has 1 aromatic heterocycles. The first kappa shape index (κ1) is 40.4. The van der Waals surface area contributed by atoms with Crippen molar-refractivity contribution in [2.24, 2.45) is 22.7 Å². The van der Waals surface area contributed by atoms with Crippen LogP contribution in [0, 0.1) is 22.7 Å². The summed E-state index contributed by atoms with van der Waals surface area (Å²) in [5.74, 6) is -4.21. The highest BCUT2D eigenvalue weighted by Gasteiger charge is 2.70. The van der Waals surface area contributed by atoms with Crippen molar-refractivity contribution in [2.45, 2.75) is 105 Å². The predicted molar refractivity (Wildman–Crippen MR) is 188 cm³/mol. The lowest BCUT2D eigenvalue weighted by Gasteiger charge is -2.38. The number of amides is 6. The van der Waals surface area contributed by atoms with E-state index in [-0.39, 0.29) is 29.6 Å². The number of carbonyl (C=O) groups is 7. The molecule has 2 heterocycles. The summed E-state index contributed by atoms with van der Waals surface area (Å²) in [5, 5.41) is 12.1. The van der Waals surface area contributed by atoms with Crippen molar-refractivity contribution in [1.29, 1.82) is 0 Å². The lowest BCUT2D eigenvalue weighted by atomic mass is 9.85. The maximum atomic E-state index is 14.1. The van der Waals surface area contributed by atoms with Crippen molar-refractivity contribution in [2.75, 3.05) is 27.2 Å². The monoisotopic (exact) mass is 718 g/mol. The van der Waals surface area contributed by atoms with Crippen molar-refractivity contribution in [3.63, 3.8) is 0 Å². The highest BCUT2D eigenvalue weighted by molar-refractivity contribution is 7.10. The lowest BCUT2D eigenvalue weighted by Crippen LogP contribution is -2.60. The summed E-state index contributed by atoms with van der Waals surface area (Å²) in [6.45, 7) is 16.1. The summed E-state index contributed by atoms with van der Waals surface area (Å²) in [6.07, 6.45) is -0.155. The molecule has 15 heteroatoms. The van der Waals surface area contributed by atoms with Gasteiger partial charge in [0, 0.05) is 25.5 Å². The molecule has 0 radical (unpaired) electrons. The second-order valence-corrected chi connectivity index (χ2v) is 17.0. The molecule has 1 aromatic rings. The molecule has 50 heavy (non-hydrogen) atoms. The van der Waals surface area contributed by atoms with Crippen LogP contribution in [0.4, 0.5) is 4.79 Å². The molecular formula is C35H54N6O8S. The van der Waals surface area contributed by atoms with Gasteiger partial charge in [-0.1, -0.05) is 54.0 Å². The van der Waals surface area contributed by atoms with E-state index in [0.29, 0.717) is 17.8 Å². The van der Waals surface area contributed by atoms with E-state index in [1.807, 2.05) is 13.8 Å². The minimum absolute atomic E-state index is 0.0314. The molecule has 6 atom stereocenters. The van der Waals surface area contributed by atoms with Crippen LogP contribution in [0.1, 0.15) is 86.1 Å². The standard InChI is InChI=1S/C35H54N6O8S/c1-12-14-20(26(43)29(45)36-17-22(42)38-24(30(46)40(10)11)21-15-13-16-50-21)37-28(44)25-23-19(35(23,8)9)18-41(25)31(47)27(33(2,3)4)39-32(48)49-34(5,6)7/h13,15-16,19-20,23-25,27H,12,14,17-18H2,1-11H3,(H,36,45)(H,37,44)(H,38,42)(H,39,48). The van der Waals surface area contributed by atoms with E-state index in [0.717, 1.165) is 0 Å². The Hall–Kier alpha value is -4.01. The summed E-state index contributed by atoms with van der Waals surface area (Å²) >= 11 is 1.29. The molecule has 1 aliphatic carbocycles. The maximum Gasteiger partial charge on any atom is 0.408 e. The number of ketones is 1. The fourth-order valence-corrected chi connectivity index (χ4v) is 7.22. The number of likely N-dealkylation sites (N-methyl/N-ethyl adjacent to an activating group) is 1. The second-order valence-electron chi connectivity index (χ2n) is 16.0. The summed E-state index contributed by atoms with van der Waals surface area (Å²) in [5.41, 5.74) is -1.75. The fourth-order valence-electron chi connectivity index (χ4n) is 6.45. The van der Waals surface area contributed by atoms with Crippen molar-refractivity contribution >= 4 is 52.7 Å². The molecule has 2 aliphatic rings. The third kappa shape index (κ3) is 9.61. The first-order valence-electron chi connectivity index (χ1n) is 17.0. The van der Waals surface area contributed by atoms with Crippen LogP contribution in [-0.4, -0.2) is 102 Å². The van der Waals surface area contributed by atoms with Crippen LogP contribution >= 0.6 is 11.3 Å². The molecule has 278 valence electrons. The van der Waals surface area contributed by atoms with Crippen LogP contribution in [0.5, 0.6) is 0 Å². The van der Waals surface area contributed by atoms with Gasteiger partial charge in [0.2, 0.25) is 29.4 Å². The molecule has 4 N–H and O–H groups in total. The van der Waals surface area contributed by atoms with E-state index in [9.17, 15) is 33.6 Å². The van der Waals surface area contributed by atoms with Crippen LogP contribution in [0.3, 0.4) is 0 Å². The van der Waals surface area contributed by atoms with Crippen LogP contribution in [0.15, 0.2) is 17.5 Å². The SMILES string of the molecule is CCCC(NC(=O)C1C2C(CN1C(=O)C(NC(=O)OC(C)(C)C)C(C)(C)C)C2(C)C)C(=O)C(=O)NCC(=O)NC(C(=O)N(C)C)c1cccs1. The molecule has 0 aromatic carbocycles. The molecule has 0 bridgehead atoms. The van der Waals surface area contributed by atoms with E-state index in [4.69, 9.17) is 4.74 Å². The fraction of sp³-hybridized carbons (Fsp3) is 0.686. The summed E-state index contributed by atoms with van der Waals surface area (Å²) in [4.78, 5) is 96.1. The van der Waals surface area contributed by atoms with Crippen molar-refractivity contribution in [3.8, 4) is 0 Å². The number of likely N-dealkylation sites (tertiary alicyclic amines) is 1. The van der Waals surface area contributed by atoms with Gasteiger partial charge in [0.25, 0.3) is 5.91 Å². The highest BCUT2D eigenvalue weighted by atomic mass is 32.1. The average Bonchev–Trinajstić information content (AvgIpc) is 3.44. The summed E-state index contributed by atoms with van der Waals surface area (Å²) in [6, 6.07) is -0.646. The van der Waals surface area contributed by atoms with E-state index in [1.54, 1.807) is 80.1 Å². The van der Waals surface area contributed by atoms with Gasteiger partial charge in [-0.3, -0.25) is 28.8 Å². The van der Waals surface area contributed by atoms with Gasteiger partial charge in [0.15, 0.2) is 0 Å². The molecule has 14 nitrogen and oxygen atoms in total. The number of hydrogen-bond acceptors (Lipinski definition) is 9. The molecule has 6 unspecified atom stereocenters. The van der Waals surface area contributed by atoms with Gasteiger partial charge in [-0.15, -0.1) is 11.3 Å². The predicted octanol–water partition coefficient (Wildman–Crippen LogP) is 2.39. The molecule has 6 amide bonds. The molecule has 2 fully saturated rings. The van der Waals surface area contributed by atoms with Crippen molar-refractivity contribution in [1.82, 2.24) is 31.1 Å². The minimum Gasteiger partial charge on any atom is -0.444 e. The number of nitrogens with zero attached hydrogens (tertiary/aromatic N) is 2. The topological polar surface area (TPSA) is 183 Å². The number of thiophene rings is 1. The number of alkyl carbamates (subject to hydrolysis) is 1. The van der Waals surface area contributed by atoms with E-state index in [2.05, 4.69) is 21.3 Å². The smallest absolute Gasteiger partial charge is 0.408 e. The van der Waals surface area contributed by atoms with E-state index in [1.165, 1.54) is 21.1 Å². The van der Waals surface area contributed by atoms with Crippen molar-refractivity contribution in [3.05, 3.63) is 22.4 Å². The average molecular weight is 719 g/mol. The highest BCUT2D eigenvalue weighted by Crippen LogP contribution is 2.65. The van der Waals surface area contributed by atoms with Gasteiger partial charge >= 0.3 is 6.09 Å². The van der Waals surface area contributed by atoms with Gasteiger partial charge in [-0.2, -0.15) is 0 Å². The Balaban J connectivity index is 1.73. The van der Waals surface area contributed by atoms with Crippen LogP contribution < -0.4 is 21.3 Å². The Labute approximate surface area is 298 Å². The Bertz CT molecular complexity index is 1460. The Morgan fingerprint density at radius 2 is 1.66 bits per heavy atom. The van der Waals surface area contributed by atoms with E-state index >= 15 is 0 Å². The molecule has 1 saturated heterocycles. The van der Waals surface area contributed by atoms with Crippen molar-refractivity contribution < 1.29 is 38.3 Å². The van der Waals surface area contributed by atoms with Crippen LogP contribution in [0.25, 0.3) is 0 Å². The van der Waals surface area contributed by atoms with Crippen LogP contribution in [0.2, 0.25) is 0 Å².